The summed E-state index contributed by atoms with van der Waals surface area (Å²) in [4.78, 5) is 27.8. The molecule has 0 N–H and O–H groups in total. The lowest BCUT2D eigenvalue weighted by molar-refractivity contribution is 0.0894. The van der Waals surface area contributed by atoms with Crippen LogP contribution < -0.4 is 4.90 Å². The highest BCUT2D eigenvalue weighted by Gasteiger charge is 2.28. The van der Waals surface area contributed by atoms with E-state index in [2.05, 4.69) is 18.2 Å². The number of para-hydroxylation sites is 2. The normalized spacial score (nSPS) is 13.6. The van der Waals surface area contributed by atoms with Gasteiger partial charge in [0.25, 0.3) is 0 Å². The van der Waals surface area contributed by atoms with Crippen LogP contribution in [0.1, 0.15) is 27.1 Å². The Morgan fingerprint density at radius 2 is 1.04 bits per heavy atom. The largest absolute Gasteiger partial charge is 0.308 e. The minimum Gasteiger partial charge on any atom is -0.308 e. The third kappa shape index (κ3) is 2.52. The zero-order valence-electron chi connectivity index (χ0n) is 15.1. The molecule has 1 aliphatic heterocycles. The van der Waals surface area contributed by atoms with Gasteiger partial charge in [-0.25, -0.2) is 0 Å². The first kappa shape index (κ1) is 16.5. The highest BCUT2D eigenvalue weighted by Crippen LogP contribution is 2.43. The lowest BCUT2D eigenvalue weighted by atomic mass is 9.94. The summed E-state index contributed by atoms with van der Waals surface area (Å²) in [6.45, 7) is 0. The van der Waals surface area contributed by atoms with Crippen molar-refractivity contribution < 1.29 is 9.59 Å². The van der Waals surface area contributed by atoms with Crippen LogP contribution in [0, 0.1) is 0 Å². The molecule has 0 radical (unpaired) electrons. The quantitative estimate of drug-likeness (QED) is 0.385. The summed E-state index contributed by atoms with van der Waals surface area (Å²) in [5.74, 6) is -0.305. The number of fused-ring (bicyclic) bond motifs is 3. The SMILES string of the molecule is O=C1CC(=O)c2ccccc2N(c2cccc3ccccc23)c2ccccc21. The van der Waals surface area contributed by atoms with Crippen molar-refractivity contribution in [3.8, 4) is 0 Å². The first-order chi connectivity index (χ1) is 13.7. The lowest BCUT2D eigenvalue weighted by Gasteiger charge is -2.31. The zero-order valence-corrected chi connectivity index (χ0v) is 15.1. The number of carbonyl (C=O) groups excluding carboxylic acids is 2. The molecule has 28 heavy (non-hydrogen) atoms. The van der Waals surface area contributed by atoms with Crippen LogP contribution >= 0.6 is 0 Å². The van der Waals surface area contributed by atoms with Crippen LogP contribution in [0.5, 0.6) is 0 Å². The molecular formula is C25H17NO2. The van der Waals surface area contributed by atoms with E-state index >= 15 is 0 Å². The molecule has 0 spiro atoms. The molecule has 134 valence electrons. The lowest BCUT2D eigenvalue weighted by Crippen LogP contribution is -2.22. The van der Waals surface area contributed by atoms with E-state index in [1.54, 1.807) is 12.1 Å². The Kier molecular flexibility index (Phi) is 3.80. The van der Waals surface area contributed by atoms with Crippen LogP contribution in [0.4, 0.5) is 17.1 Å². The third-order valence-electron chi connectivity index (χ3n) is 5.22. The molecule has 0 saturated heterocycles. The Morgan fingerprint density at radius 1 is 0.536 bits per heavy atom. The molecule has 0 atom stereocenters. The minimum atomic E-state index is -0.152. The standard InChI is InChI=1S/C25H17NO2/c27-24-16-25(28)20-12-4-6-14-23(20)26(22-13-5-3-11-19(22)24)21-15-7-9-17-8-1-2-10-18(17)21/h1-15H,16H2. The number of rotatable bonds is 1. The molecule has 0 saturated carbocycles. The molecule has 1 heterocycles. The van der Waals surface area contributed by atoms with E-state index in [0.717, 1.165) is 27.8 Å². The van der Waals surface area contributed by atoms with Gasteiger partial charge in [0, 0.05) is 16.5 Å². The maximum absolute atomic E-state index is 12.9. The summed E-state index contributed by atoms with van der Waals surface area (Å²) in [5, 5.41) is 2.17. The van der Waals surface area contributed by atoms with E-state index in [1.165, 1.54) is 0 Å². The van der Waals surface area contributed by atoms with Gasteiger partial charge in [0.05, 0.1) is 23.5 Å². The van der Waals surface area contributed by atoms with Gasteiger partial charge in [-0.1, -0.05) is 60.7 Å². The van der Waals surface area contributed by atoms with Gasteiger partial charge in [0.1, 0.15) is 0 Å². The molecule has 0 fully saturated rings. The third-order valence-corrected chi connectivity index (χ3v) is 5.22. The van der Waals surface area contributed by atoms with E-state index in [1.807, 2.05) is 65.6 Å². The fraction of sp³-hybridized carbons (Fsp3) is 0.0400. The van der Waals surface area contributed by atoms with Gasteiger partial charge in [0.2, 0.25) is 0 Å². The Bertz CT molecular complexity index is 1180. The molecule has 4 aromatic rings. The second kappa shape index (κ2) is 6.46. The Balaban J connectivity index is 1.90. The van der Waals surface area contributed by atoms with Gasteiger partial charge >= 0.3 is 0 Å². The average molecular weight is 363 g/mol. The number of Topliss-reactive ketones (excluding diaryl/α,β-unsaturated/α-hetero) is 2. The van der Waals surface area contributed by atoms with Gasteiger partial charge in [-0.2, -0.15) is 0 Å². The van der Waals surface area contributed by atoms with Crippen LogP contribution in [-0.2, 0) is 0 Å². The highest BCUT2D eigenvalue weighted by molar-refractivity contribution is 6.20. The molecule has 3 nitrogen and oxygen atoms in total. The fourth-order valence-corrected chi connectivity index (χ4v) is 3.94. The number of benzene rings is 4. The van der Waals surface area contributed by atoms with Crippen molar-refractivity contribution in [2.45, 2.75) is 6.42 Å². The summed E-state index contributed by atoms with van der Waals surface area (Å²) in [5.41, 5.74) is 3.67. The number of carbonyl (C=O) groups is 2. The average Bonchev–Trinajstić information content (AvgIpc) is 2.74. The van der Waals surface area contributed by atoms with Crippen LogP contribution in [0.2, 0.25) is 0 Å². The molecule has 3 heteroatoms. The van der Waals surface area contributed by atoms with E-state index in [4.69, 9.17) is 0 Å². The first-order valence-electron chi connectivity index (χ1n) is 9.26. The second-order valence-electron chi connectivity index (χ2n) is 6.89. The topological polar surface area (TPSA) is 37.4 Å². The monoisotopic (exact) mass is 363 g/mol. The van der Waals surface area contributed by atoms with Crippen molar-refractivity contribution in [3.63, 3.8) is 0 Å². The van der Waals surface area contributed by atoms with Crippen molar-refractivity contribution in [2.24, 2.45) is 0 Å². The molecule has 4 aromatic carbocycles. The minimum absolute atomic E-state index is 0.114. The number of hydrogen-bond acceptors (Lipinski definition) is 3. The van der Waals surface area contributed by atoms with E-state index in [9.17, 15) is 9.59 Å². The van der Waals surface area contributed by atoms with Crippen molar-refractivity contribution in [3.05, 3.63) is 102 Å². The van der Waals surface area contributed by atoms with E-state index < -0.39 is 0 Å². The first-order valence-corrected chi connectivity index (χ1v) is 9.26. The van der Waals surface area contributed by atoms with Crippen molar-refractivity contribution in [1.29, 1.82) is 0 Å². The second-order valence-corrected chi connectivity index (χ2v) is 6.89. The van der Waals surface area contributed by atoms with Crippen LogP contribution in [0.15, 0.2) is 91.0 Å². The Hall–Kier alpha value is -3.72. The van der Waals surface area contributed by atoms with Crippen LogP contribution in [0.3, 0.4) is 0 Å². The maximum Gasteiger partial charge on any atom is 0.172 e. The molecule has 0 unspecified atom stereocenters. The highest BCUT2D eigenvalue weighted by atomic mass is 16.1. The van der Waals surface area contributed by atoms with Gasteiger partial charge < -0.3 is 4.90 Å². The van der Waals surface area contributed by atoms with Crippen LogP contribution in [0.25, 0.3) is 10.8 Å². The van der Waals surface area contributed by atoms with Gasteiger partial charge in [-0.3, -0.25) is 9.59 Å². The Labute approximate surface area is 162 Å². The van der Waals surface area contributed by atoms with Gasteiger partial charge in [0.15, 0.2) is 11.6 Å². The summed E-state index contributed by atoms with van der Waals surface area (Å²) in [7, 11) is 0. The summed E-state index contributed by atoms with van der Waals surface area (Å²) in [6.07, 6.45) is -0.114. The molecular weight excluding hydrogens is 346 g/mol. The zero-order chi connectivity index (χ0) is 19.1. The number of nitrogens with zero attached hydrogens (tertiary/aromatic N) is 1. The predicted octanol–water partition coefficient (Wildman–Crippen LogP) is 6.08. The number of hydrogen-bond donors (Lipinski definition) is 0. The van der Waals surface area contributed by atoms with Crippen molar-refractivity contribution in [2.75, 3.05) is 4.90 Å². The maximum atomic E-state index is 12.9. The molecule has 0 bridgehead atoms. The van der Waals surface area contributed by atoms with Crippen LogP contribution in [-0.4, -0.2) is 11.6 Å². The molecule has 0 aromatic heterocycles. The number of ketones is 2. The predicted molar refractivity (Wildman–Crippen MR) is 112 cm³/mol. The Morgan fingerprint density at radius 3 is 1.71 bits per heavy atom. The van der Waals surface area contributed by atoms with E-state index in [-0.39, 0.29) is 18.0 Å². The molecule has 0 amide bonds. The van der Waals surface area contributed by atoms with Gasteiger partial charge in [-0.15, -0.1) is 0 Å². The fourth-order valence-electron chi connectivity index (χ4n) is 3.94. The number of anilines is 3. The molecule has 0 aliphatic carbocycles. The van der Waals surface area contributed by atoms with Gasteiger partial charge in [-0.05, 0) is 35.7 Å². The van der Waals surface area contributed by atoms with E-state index in [0.29, 0.717) is 11.1 Å². The summed E-state index contributed by atoms with van der Waals surface area (Å²) < 4.78 is 0. The smallest absolute Gasteiger partial charge is 0.172 e. The molecule has 1 aliphatic rings. The van der Waals surface area contributed by atoms with Crippen molar-refractivity contribution in [1.82, 2.24) is 0 Å². The molecule has 5 rings (SSSR count). The summed E-state index contributed by atoms with van der Waals surface area (Å²) in [6, 6.07) is 29.3. The van der Waals surface area contributed by atoms with Crippen molar-refractivity contribution >= 4 is 39.4 Å². The summed E-state index contributed by atoms with van der Waals surface area (Å²) >= 11 is 0.